The van der Waals surface area contributed by atoms with E-state index >= 15 is 0 Å². The summed E-state index contributed by atoms with van der Waals surface area (Å²) in [5.74, 6) is 0.0978. The zero-order chi connectivity index (χ0) is 13.1. The van der Waals surface area contributed by atoms with Gasteiger partial charge in [-0.3, -0.25) is 0 Å². The molecule has 2 unspecified atom stereocenters. The molecule has 0 aliphatic heterocycles. The van der Waals surface area contributed by atoms with E-state index in [0.29, 0.717) is 5.02 Å². The zero-order valence-corrected chi connectivity index (χ0v) is 9.92. The minimum Gasteiger partial charge on any atom is -0.479 e. The van der Waals surface area contributed by atoms with Gasteiger partial charge >= 0.3 is 6.18 Å². The van der Waals surface area contributed by atoms with Crippen LogP contribution in [0.2, 0.25) is 5.02 Å². The Morgan fingerprint density at radius 2 is 1.82 bits per heavy atom. The van der Waals surface area contributed by atoms with Gasteiger partial charge in [0.15, 0.2) is 0 Å². The van der Waals surface area contributed by atoms with Crippen molar-refractivity contribution in [3.8, 4) is 5.75 Å². The molecule has 0 aliphatic carbocycles. The minimum absolute atomic E-state index is 0.0978. The number of ether oxygens (including phenoxy) is 1. The fraction of sp³-hybridized carbons (Fsp3) is 0.455. The van der Waals surface area contributed by atoms with Gasteiger partial charge in [0, 0.05) is 5.02 Å². The van der Waals surface area contributed by atoms with Crippen LogP contribution in [-0.2, 0) is 0 Å². The monoisotopic (exact) mass is 267 g/mol. The third-order valence-electron chi connectivity index (χ3n) is 2.26. The highest BCUT2D eigenvalue weighted by Crippen LogP contribution is 2.28. The standard InChI is InChI=1S/C11H13ClF3NO/c1-2-9(16)10(11(13,14)15)17-8-5-3-7(12)4-6-8/h3-6,9-10H,2,16H2,1H3. The van der Waals surface area contributed by atoms with E-state index in [1.807, 2.05) is 0 Å². The highest BCUT2D eigenvalue weighted by molar-refractivity contribution is 6.30. The van der Waals surface area contributed by atoms with Gasteiger partial charge in [-0.05, 0) is 30.7 Å². The van der Waals surface area contributed by atoms with Gasteiger partial charge in [-0.1, -0.05) is 18.5 Å². The predicted octanol–water partition coefficient (Wildman–Crippen LogP) is 3.39. The average molecular weight is 268 g/mol. The Bertz CT molecular complexity index is 353. The van der Waals surface area contributed by atoms with Gasteiger partial charge in [0.25, 0.3) is 0 Å². The van der Waals surface area contributed by atoms with Crippen LogP contribution in [0.5, 0.6) is 5.75 Å². The maximum absolute atomic E-state index is 12.7. The quantitative estimate of drug-likeness (QED) is 0.908. The minimum atomic E-state index is -4.49. The van der Waals surface area contributed by atoms with Crippen molar-refractivity contribution < 1.29 is 17.9 Å². The van der Waals surface area contributed by atoms with Gasteiger partial charge in [0.2, 0.25) is 6.10 Å². The molecule has 1 rings (SSSR count). The van der Waals surface area contributed by atoms with Crippen LogP contribution in [0.15, 0.2) is 24.3 Å². The van der Waals surface area contributed by atoms with Crippen LogP contribution in [0, 0.1) is 0 Å². The molecule has 0 heterocycles. The first kappa shape index (κ1) is 14.1. The van der Waals surface area contributed by atoms with Crippen molar-refractivity contribution in [3.63, 3.8) is 0 Å². The van der Waals surface area contributed by atoms with Crippen LogP contribution in [0.1, 0.15) is 13.3 Å². The first-order valence-corrected chi connectivity index (χ1v) is 5.47. The van der Waals surface area contributed by atoms with Gasteiger partial charge in [-0.2, -0.15) is 13.2 Å². The topological polar surface area (TPSA) is 35.2 Å². The third kappa shape index (κ3) is 4.09. The molecule has 6 heteroatoms. The Balaban J connectivity index is 2.83. The summed E-state index contributed by atoms with van der Waals surface area (Å²) in [5, 5.41) is 0.431. The number of benzene rings is 1. The summed E-state index contributed by atoms with van der Waals surface area (Å²) in [6.07, 6.45) is -6.32. The van der Waals surface area contributed by atoms with Crippen molar-refractivity contribution >= 4 is 11.6 Å². The summed E-state index contributed by atoms with van der Waals surface area (Å²) >= 11 is 5.63. The maximum atomic E-state index is 12.7. The lowest BCUT2D eigenvalue weighted by atomic mass is 10.1. The number of nitrogens with two attached hydrogens (primary N) is 1. The summed E-state index contributed by atoms with van der Waals surface area (Å²) in [7, 11) is 0. The summed E-state index contributed by atoms with van der Waals surface area (Å²) in [4.78, 5) is 0. The Labute approximate surface area is 103 Å². The maximum Gasteiger partial charge on any atom is 0.426 e. The number of halogens is 4. The molecule has 2 atom stereocenters. The van der Waals surface area contributed by atoms with Crippen molar-refractivity contribution in [2.45, 2.75) is 31.7 Å². The molecule has 0 amide bonds. The molecular formula is C11H13ClF3NO. The Hall–Kier alpha value is -0.940. The fourth-order valence-corrected chi connectivity index (χ4v) is 1.40. The van der Waals surface area contributed by atoms with Crippen molar-refractivity contribution in [2.24, 2.45) is 5.73 Å². The Morgan fingerprint density at radius 1 is 1.29 bits per heavy atom. The van der Waals surface area contributed by atoms with E-state index in [1.54, 1.807) is 6.92 Å². The number of alkyl halides is 3. The highest BCUT2D eigenvalue weighted by Gasteiger charge is 2.45. The normalized spacial score (nSPS) is 15.4. The van der Waals surface area contributed by atoms with E-state index < -0.39 is 18.3 Å². The summed E-state index contributed by atoms with van der Waals surface area (Å²) in [5.41, 5.74) is 5.41. The molecule has 2 nitrogen and oxygen atoms in total. The van der Waals surface area contributed by atoms with E-state index in [0.717, 1.165) is 0 Å². The van der Waals surface area contributed by atoms with Crippen molar-refractivity contribution in [1.82, 2.24) is 0 Å². The number of hydrogen-bond donors (Lipinski definition) is 1. The van der Waals surface area contributed by atoms with Crippen LogP contribution < -0.4 is 10.5 Å². The molecule has 0 saturated carbocycles. The second kappa shape index (κ2) is 5.60. The van der Waals surface area contributed by atoms with Crippen LogP contribution >= 0.6 is 11.6 Å². The molecule has 0 bridgehead atoms. The average Bonchev–Trinajstić information content (AvgIpc) is 2.25. The lowest BCUT2D eigenvalue weighted by molar-refractivity contribution is -0.200. The first-order chi connectivity index (χ1) is 7.84. The van der Waals surface area contributed by atoms with E-state index in [9.17, 15) is 13.2 Å². The van der Waals surface area contributed by atoms with Crippen molar-refractivity contribution in [1.29, 1.82) is 0 Å². The van der Waals surface area contributed by atoms with E-state index in [2.05, 4.69) is 0 Å². The van der Waals surface area contributed by atoms with Gasteiger partial charge in [-0.25, -0.2) is 0 Å². The zero-order valence-electron chi connectivity index (χ0n) is 9.17. The second-order valence-electron chi connectivity index (χ2n) is 3.61. The predicted molar refractivity (Wildman–Crippen MR) is 60.2 cm³/mol. The lowest BCUT2D eigenvalue weighted by Crippen LogP contribution is -2.48. The molecule has 0 fully saturated rings. The van der Waals surface area contributed by atoms with E-state index in [1.165, 1.54) is 24.3 Å². The molecule has 0 saturated heterocycles. The largest absolute Gasteiger partial charge is 0.479 e. The lowest BCUT2D eigenvalue weighted by Gasteiger charge is -2.26. The second-order valence-corrected chi connectivity index (χ2v) is 4.04. The van der Waals surface area contributed by atoms with Gasteiger partial charge in [0.05, 0.1) is 6.04 Å². The van der Waals surface area contributed by atoms with Gasteiger partial charge < -0.3 is 10.5 Å². The molecular weight excluding hydrogens is 255 g/mol. The smallest absolute Gasteiger partial charge is 0.426 e. The van der Waals surface area contributed by atoms with Crippen LogP contribution in [-0.4, -0.2) is 18.3 Å². The molecule has 1 aromatic rings. The highest BCUT2D eigenvalue weighted by atomic mass is 35.5. The molecule has 17 heavy (non-hydrogen) atoms. The third-order valence-corrected chi connectivity index (χ3v) is 2.51. The number of rotatable bonds is 4. The van der Waals surface area contributed by atoms with Crippen molar-refractivity contribution in [3.05, 3.63) is 29.3 Å². The van der Waals surface area contributed by atoms with E-state index in [-0.39, 0.29) is 12.2 Å². The summed E-state index contributed by atoms with van der Waals surface area (Å²) in [6.45, 7) is 1.58. The van der Waals surface area contributed by atoms with Gasteiger partial charge in [0.1, 0.15) is 5.75 Å². The molecule has 0 aromatic heterocycles. The molecule has 0 radical (unpaired) electrons. The molecule has 2 N–H and O–H groups in total. The summed E-state index contributed by atoms with van der Waals surface area (Å²) in [6, 6.07) is 4.59. The summed E-state index contributed by atoms with van der Waals surface area (Å²) < 4.78 is 43.0. The fourth-order valence-electron chi connectivity index (χ4n) is 1.27. The van der Waals surface area contributed by atoms with Gasteiger partial charge in [-0.15, -0.1) is 0 Å². The molecule has 0 aliphatic rings. The van der Waals surface area contributed by atoms with Crippen LogP contribution in [0.3, 0.4) is 0 Å². The van der Waals surface area contributed by atoms with E-state index in [4.69, 9.17) is 22.1 Å². The Morgan fingerprint density at radius 3 is 2.24 bits per heavy atom. The van der Waals surface area contributed by atoms with Crippen LogP contribution in [0.25, 0.3) is 0 Å². The Kier molecular flexibility index (Phi) is 4.65. The number of hydrogen-bond acceptors (Lipinski definition) is 2. The molecule has 0 spiro atoms. The first-order valence-electron chi connectivity index (χ1n) is 5.09. The molecule has 96 valence electrons. The van der Waals surface area contributed by atoms with Crippen molar-refractivity contribution in [2.75, 3.05) is 0 Å². The molecule has 1 aromatic carbocycles. The SMILES string of the molecule is CCC(N)C(Oc1ccc(Cl)cc1)C(F)(F)F. The van der Waals surface area contributed by atoms with Crippen LogP contribution in [0.4, 0.5) is 13.2 Å².